The third-order valence-corrected chi connectivity index (χ3v) is 5.90. The highest BCUT2D eigenvalue weighted by Crippen LogP contribution is 2.20. The van der Waals surface area contributed by atoms with Crippen molar-refractivity contribution in [1.82, 2.24) is 10.2 Å². The van der Waals surface area contributed by atoms with Gasteiger partial charge >= 0.3 is 0 Å². The molecule has 0 aromatic heterocycles. The fraction of sp³-hybridized carbons (Fsp3) is 0.316. The first-order valence-corrected chi connectivity index (χ1v) is 10.1. The number of sulfonamides is 1. The van der Waals surface area contributed by atoms with E-state index in [-0.39, 0.29) is 23.2 Å². The molecule has 3 rings (SSSR count). The van der Waals surface area contributed by atoms with Crippen molar-refractivity contribution >= 4 is 34.0 Å². The van der Waals surface area contributed by atoms with E-state index in [4.69, 9.17) is 0 Å². The molecule has 1 amide bonds. The average Bonchev–Trinajstić information content (AvgIpc) is 3.11. The van der Waals surface area contributed by atoms with Gasteiger partial charge in [0.2, 0.25) is 0 Å². The minimum absolute atomic E-state index is 0. The zero-order chi connectivity index (χ0) is 18.6. The summed E-state index contributed by atoms with van der Waals surface area (Å²) < 4.78 is 27.2. The lowest BCUT2D eigenvalue weighted by Gasteiger charge is -2.17. The molecular formula is C19H24ClN3O3S. The Morgan fingerprint density at radius 1 is 1.11 bits per heavy atom. The summed E-state index contributed by atoms with van der Waals surface area (Å²) in [5.74, 6) is 0.474. The van der Waals surface area contributed by atoms with Gasteiger partial charge in [0.15, 0.2) is 0 Å². The van der Waals surface area contributed by atoms with Crippen molar-refractivity contribution in [3.05, 3.63) is 60.2 Å². The van der Waals surface area contributed by atoms with Crippen LogP contribution in [0.4, 0.5) is 5.69 Å². The molecular weight excluding hydrogens is 386 g/mol. The highest BCUT2D eigenvalue weighted by molar-refractivity contribution is 7.92. The van der Waals surface area contributed by atoms with Gasteiger partial charge in [-0.1, -0.05) is 18.2 Å². The van der Waals surface area contributed by atoms with Crippen molar-refractivity contribution in [3.63, 3.8) is 0 Å². The van der Waals surface area contributed by atoms with Crippen LogP contribution in [0.1, 0.15) is 16.8 Å². The average molecular weight is 410 g/mol. The first-order valence-electron chi connectivity index (χ1n) is 8.61. The first kappa shape index (κ1) is 21.2. The van der Waals surface area contributed by atoms with Gasteiger partial charge in [-0.25, -0.2) is 8.42 Å². The molecule has 146 valence electrons. The highest BCUT2D eigenvalue weighted by atomic mass is 35.5. The number of rotatable bonds is 6. The number of carbonyl (C=O) groups excluding carboxylic acids is 1. The van der Waals surface area contributed by atoms with Crippen LogP contribution >= 0.6 is 12.4 Å². The Bertz CT molecular complexity index is 858. The number of carbonyl (C=O) groups is 1. The molecule has 2 N–H and O–H groups in total. The van der Waals surface area contributed by atoms with Crippen molar-refractivity contribution in [2.75, 3.05) is 31.4 Å². The van der Waals surface area contributed by atoms with Gasteiger partial charge in [0, 0.05) is 24.3 Å². The Labute approximate surface area is 166 Å². The van der Waals surface area contributed by atoms with Crippen LogP contribution in [0.15, 0.2) is 59.5 Å². The van der Waals surface area contributed by atoms with E-state index >= 15 is 0 Å². The summed E-state index contributed by atoms with van der Waals surface area (Å²) in [5.41, 5.74) is 0.998. The van der Waals surface area contributed by atoms with Crippen LogP contribution in [-0.2, 0) is 10.0 Å². The van der Waals surface area contributed by atoms with E-state index in [2.05, 4.69) is 10.0 Å². The quantitative estimate of drug-likeness (QED) is 0.768. The molecule has 1 saturated heterocycles. The molecule has 1 aliphatic rings. The molecule has 0 aliphatic carbocycles. The van der Waals surface area contributed by atoms with E-state index in [0.29, 0.717) is 17.2 Å². The minimum Gasteiger partial charge on any atom is -0.338 e. The van der Waals surface area contributed by atoms with Gasteiger partial charge in [-0.05, 0) is 62.3 Å². The van der Waals surface area contributed by atoms with Crippen LogP contribution in [0, 0.1) is 5.92 Å². The zero-order valence-corrected chi connectivity index (χ0v) is 16.7. The third-order valence-electron chi connectivity index (χ3n) is 4.50. The topological polar surface area (TPSA) is 78.5 Å². The Balaban J connectivity index is 0.00000261. The summed E-state index contributed by atoms with van der Waals surface area (Å²) in [6.07, 6.45) is 1.00. The Kier molecular flexibility index (Phi) is 7.24. The van der Waals surface area contributed by atoms with Crippen LogP contribution < -0.4 is 10.0 Å². The second-order valence-corrected chi connectivity index (χ2v) is 8.14. The van der Waals surface area contributed by atoms with E-state index in [1.807, 2.05) is 11.9 Å². The standard InChI is InChI=1S/C19H23N3O3S.ClH/c1-20-13-15-11-12-22(14-15)19(23)16-7-9-17(10-8-16)21-26(24,25)18-5-3-2-4-6-18;/h2-10,15,20-21H,11-14H2,1H3;1H. The molecule has 2 aromatic rings. The highest BCUT2D eigenvalue weighted by Gasteiger charge is 2.26. The summed E-state index contributed by atoms with van der Waals surface area (Å²) in [6.45, 7) is 2.42. The van der Waals surface area contributed by atoms with Crippen molar-refractivity contribution < 1.29 is 13.2 Å². The van der Waals surface area contributed by atoms with Gasteiger partial charge in [0.05, 0.1) is 4.90 Å². The number of halogens is 1. The van der Waals surface area contributed by atoms with Gasteiger partial charge in [0.1, 0.15) is 0 Å². The Morgan fingerprint density at radius 2 is 1.78 bits per heavy atom. The molecule has 1 aliphatic heterocycles. The predicted octanol–water partition coefficient (Wildman–Crippen LogP) is 2.59. The Morgan fingerprint density at radius 3 is 2.41 bits per heavy atom. The zero-order valence-electron chi connectivity index (χ0n) is 15.1. The molecule has 27 heavy (non-hydrogen) atoms. The number of nitrogens with zero attached hydrogens (tertiary/aromatic N) is 1. The van der Waals surface area contributed by atoms with Gasteiger partial charge in [-0.2, -0.15) is 0 Å². The summed E-state index contributed by atoms with van der Waals surface area (Å²) in [6, 6.07) is 14.8. The maximum atomic E-state index is 12.6. The van der Waals surface area contributed by atoms with Gasteiger partial charge in [-0.3, -0.25) is 9.52 Å². The van der Waals surface area contributed by atoms with E-state index in [1.165, 1.54) is 12.1 Å². The van der Waals surface area contributed by atoms with Crippen molar-refractivity contribution in [2.24, 2.45) is 5.92 Å². The molecule has 0 bridgehead atoms. The number of hydrogen-bond acceptors (Lipinski definition) is 4. The monoisotopic (exact) mass is 409 g/mol. The molecule has 0 radical (unpaired) electrons. The largest absolute Gasteiger partial charge is 0.338 e. The van der Waals surface area contributed by atoms with Crippen LogP contribution in [0.25, 0.3) is 0 Å². The smallest absolute Gasteiger partial charge is 0.261 e. The van der Waals surface area contributed by atoms with Crippen molar-refractivity contribution in [2.45, 2.75) is 11.3 Å². The van der Waals surface area contributed by atoms with Crippen LogP contribution in [-0.4, -0.2) is 45.9 Å². The molecule has 1 atom stereocenters. The van der Waals surface area contributed by atoms with Crippen LogP contribution in [0.3, 0.4) is 0 Å². The normalized spacial score (nSPS) is 16.6. The van der Waals surface area contributed by atoms with E-state index < -0.39 is 10.0 Å². The van der Waals surface area contributed by atoms with E-state index in [0.717, 1.165) is 26.1 Å². The predicted molar refractivity (Wildman–Crippen MR) is 109 cm³/mol. The summed E-state index contributed by atoms with van der Waals surface area (Å²) in [4.78, 5) is 14.6. The molecule has 0 saturated carbocycles. The van der Waals surface area contributed by atoms with Crippen LogP contribution in [0.5, 0.6) is 0 Å². The van der Waals surface area contributed by atoms with Crippen molar-refractivity contribution in [3.8, 4) is 0 Å². The third kappa shape index (κ3) is 5.22. The van der Waals surface area contributed by atoms with E-state index in [9.17, 15) is 13.2 Å². The SMILES string of the molecule is CNCC1CCN(C(=O)c2ccc(NS(=O)(=O)c3ccccc3)cc2)C1.Cl. The molecule has 0 spiro atoms. The minimum atomic E-state index is -3.63. The maximum Gasteiger partial charge on any atom is 0.261 e. The van der Waals surface area contributed by atoms with Crippen LogP contribution in [0.2, 0.25) is 0 Å². The molecule has 6 nitrogen and oxygen atoms in total. The second-order valence-electron chi connectivity index (χ2n) is 6.46. The molecule has 2 aromatic carbocycles. The fourth-order valence-electron chi connectivity index (χ4n) is 3.15. The lowest BCUT2D eigenvalue weighted by atomic mass is 10.1. The fourth-order valence-corrected chi connectivity index (χ4v) is 4.23. The Hall–Kier alpha value is -2.09. The number of anilines is 1. The number of nitrogens with one attached hydrogen (secondary N) is 2. The molecule has 8 heteroatoms. The van der Waals surface area contributed by atoms with Crippen molar-refractivity contribution in [1.29, 1.82) is 0 Å². The van der Waals surface area contributed by atoms with Gasteiger partial charge in [-0.15, -0.1) is 12.4 Å². The summed E-state index contributed by atoms with van der Waals surface area (Å²) in [7, 11) is -1.71. The number of hydrogen-bond donors (Lipinski definition) is 2. The number of benzene rings is 2. The van der Waals surface area contributed by atoms with Gasteiger partial charge in [0.25, 0.3) is 15.9 Å². The summed E-state index contributed by atoms with van der Waals surface area (Å²) in [5, 5.41) is 3.15. The van der Waals surface area contributed by atoms with Gasteiger partial charge < -0.3 is 10.2 Å². The lowest BCUT2D eigenvalue weighted by Crippen LogP contribution is -2.30. The first-order chi connectivity index (χ1) is 12.5. The number of likely N-dealkylation sites (tertiary alicyclic amines) is 1. The summed E-state index contributed by atoms with van der Waals surface area (Å²) >= 11 is 0. The second kappa shape index (κ2) is 9.21. The number of amides is 1. The molecule has 1 fully saturated rings. The molecule has 1 heterocycles. The lowest BCUT2D eigenvalue weighted by molar-refractivity contribution is 0.0787. The maximum absolute atomic E-state index is 12.6. The molecule has 1 unspecified atom stereocenters. The van der Waals surface area contributed by atoms with E-state index in [1.54, 1.807) is 42.5 Å².